The van der Waals surface area contributed by atoms with Gasteiger partial charge in [-0.25, -0.2) is 13.4 Å². The molecule has 2 aliphatic rings. The minimum Gasteiger partial charge on any atom is -0.370 e. The SMILES string of the molecule is NC(=NCc1cccc(S(=O)(=O)N2CCCCC2)c1)NCC1CCC1. The van der Waals surface area contributed by atoms with Gasteiger partial charge in [0.15, 0.2) is 5.96 Å². The molecule has 2 fully saturated rings. The number of guanidine groups is 1. The van der Waals surface area contributed by atoms with E-state index in [0.717, 1.165) is 31.4 Å². The van der Waals surface area contributed by atoms with E-state index >= 15 is 0 Å². The van der Waals surface area contributed by atoms with Crippen LogP contribution >= 0.6 is 0 Å². The van der Waals surface area contributed by atoms with Crippen molar-refractivity contribution in [1.29, 1.82) is 0 Å². The molecule has 7 heteroatoms. The maximum absolute atomic E-state index is 12.7. The van der Waals surface area contributed by atoms with Gasteiger partial charge in [-0.15, -0.1) is 0 Å². The van der Waals surface area contributed by atoms with Crippen molar-refractivity contribution in [3.8, 4) is 0 Å². The molecule has 0 bridgehead atoms. The first-order valence-corrected chi connectivity index (χ1v) is 10.6. The van der Waals surface area contributed by atoms with Crippen LogP contribution < -0.4 is 11.1 Å². The van der Waals surface area contributed by atoms with Crippen molar-refractivity contribution in [2.45, 2.75) is 50.0 Å². The molecule has 0 radical (unpaired) electrons. The Morgan fingerprint density at radius 2 is 1.96 bits per heavy atom. The number of sulfonamides is 1. The molecule has 3 N–H and O–H groups in total. The summed E-state index contributed by atoms with van der Waals surface area (Å²) in [6, 6.07) is 7.04. The third kappa shape index (κ3) is 4.73. The first-order chi connectivity index (χ1) is 12.1. The van der Waals surface area contributed by atoms with Crippen molar-refractivity contribution in [2.24, 2.45) is 16.6 Å². The Morgan fingerprint density at radius 3 is 2.64 bits per heavy atom. The Labute approximate surface area is 150 Å². The molecule has 6 nitrogen and oxygen atoms in total. The Bertz CT molecular complexity index is 708. The monoisotopic (exact) mass is 364 g/mol. The van der Waals surface area contributed by atoms with E-state index in [1.165, 1.54) is 19.3 Å². The van der Waals surface area contributed by atoms with Crippen molar-refractivity contribution >= 4 is 16.0 Å². The highest BCUT2D eigenvalue weighted by Gasteiger charge is 2.25. The van der Waals surface area contributed by atoms with E-state index in [1.807, 2.05) is 6.07 Å². The van der Waals surface area contributed by atoms with E-state index in [0.29, 0.717) is 36.4 Å². The first-order valence-electron chi connectivity index (χ1n) is 9.18. The van der Waals surface area contributed by atoms with Crippen molar-refractivity contribution in [2.75, 3.05) is 19.6 Å². The number of nitrogens with one attached hydrogen (secondary N) is 1. The lowest BCUT2D eigenvalue weighted by molar-refractivity contribution is 0.315. The summed E-state index contributed by atoms with van der Waals surface area (Å²) in [4.78, 5) is 4.69. The van der Waals surface area contributed by atoms with Crippen LogP contribution in [0.5, 0.6) is 0 Å². The molecule has 0 amide bonds. The zero-order chi connectivity index (χ0) is 17.7. The highest BCUT2D eigenvalue weighted by molar-refractivity contribution is 7.89. The molecular formula is C18H28N4O2S. The van der Waals surface area contributed by atoms with Gasteiger partial charge in [0.2, 0.25) is 10.0 Å². The van der Waals surface area contributed by atoms with E-state index in [9.17, 15) is 8.42 Å². The van der Waals surface area contributed by atoms with Crippen LogP contribution in [-0.2, 0) is 16.6 Å². The molecule has 3 rings (SSSR count). The van der Waals surface area contributed by atoms with Gasteiger partial charge < -0.3 is 11.1 Å². The van der Waals surface area contributed by atoms with Crippen LogP contribution in [0.4, 0.5) is 0 Å². The molecule has 1 saturated carbocycles. The minimum absolute atomic E-state index is 0.350. The van der Waals surface area contributed by atoms with Gasteiger partial charge in [-0.2, -0.15) is 4.31 Å². The third-order valence-corrected chi connectivity index (χ3v) is 6.97. The van der Waals surface area contributed by atoms with Crippen LogP contribution in [0.2, 0.25) is 0 Å². The van der Waals surface area contributed by atoms with E-state index in [1.54, 1.807) is 22.5 Å². The fourth-order valence-corrected chi connectivity index (χ4v) is 4.82. The summed E-state index contributed by atoms with van der Waals surface area (Å²) < 4.78 is 27.1. The van der Waals surface area contributed by atoms with Crippen molar-refractivity contribution in [1.82, 2.24) is 9.62 Å². The Kier molecular flexibility index (Phi) is 5.96. The topological polar surface area (TPSA) is 87.8 Å². The summed E-state index contributed by atoms with van der Waals surface area (Å²) in [5.41, 5.74) is 6.76. The summed E-state index contributed by atoms with van der Waals surface area (Å²) in [6.45, 7) is 2.48. The molecule has 1 heterocycles. The normalized spacial score (nSPS) is 20.2. The van der Waals surface area contributed by atoms with Crippen LogP contribution in [-0.4, -0.2) is 38.3 Å². The maximum atomic E-state index is 12.7. The van der Waals surface area contributed by atoms with Gasteiger partial charge in [-0.1, -0.05) is 25.0 Å². The quantitative estimate of drug-likeness (QED) is 0.597. The van der Waals surface area contributed by atoms with Crippen LogP contribution in [0.3, 0.4) is 0 Å². The second-order valence-corrected chi connectivity index (χ2v) is 8.93. The highest BCUT2D eigenvalue weighted by Crippen LogP contribution is 2.25. The molecule has 1 aliphatic carbocycles. The number of aliphatic imine (C=N–C) groups is 1. The Hall–Kier alpha value is -1.60. The van der Waals surface area contributed by atoms with Crippen LogP contribution in [0.1, 0.15) is 44.1 Å². The highest BCUT2D eigenvalue weighted by atomic mass is 32.2. The summed E-state index contributed by atoms with van der Waals surface area (Å²) in [7, 11) is -3.40. The lowest BCUT2D eigenvalue weighted by Crippen LogP contribution is -2.37. The number of hydrogen-bond acceptors (Lipinski definition) is 3. The Morgan fingerprint density at radius 1 is 1.20 bits per heavy atom. The zero-order valence-electron chi connectivity index (χ0n) is 14.7. The molecule has 0 atom stereocenters. The van der Waals surface area contributed by atoms with Gasteiger partial charge >= 0.3 is 0 Å². The molecule has 0 spiro atoms. The van der Waals surface area contributed by atoms with Crippen LogP contribution in [0.15, 0.2) is 34.2 Å². The fourth-order valence-electron chi connectivity index (χ4n) is 3.24. The molecule has 1 aromatic rings. The summed E-state index contributed by atoms with van der Waals surface area (Å²) >= 11 is 0. The van der Waals surface area contributed by atoms with Crippen molar-refractivity contribution < 1.29 is 8.42 Å². The minimum atomic E-state index is -3.40. The van der Waals surface area contributed by atoms with E-state index < -0.39 is 10.0 Å². The average Bonchev–Trinajstić information content (AvgIpc) is 2.59. The second-order valence-electron chi connectivity index (χ2n) is 6.99. The molecular weight excluding hydrogens is 336 g/mol. The molecule has 1 aliphatic heterocycles. The summed E-state index contributed by atoms with van der Waals surface area (Å²) in [5.74, 6) is 1.14. The van der Waals surface area contributed by atoms with E-state index in [-0.39, 0.29) is 0 Å². The molecule has 0 aromatic heterocycles. The number of hydrogen-bond donors (Lipinski definition) is 2. The zero-order valence-corrected chi connectivity index (χ0v) is 15.5. The van der Waals surface area contributed by atoms with Gasteiger partial charge in [0, 0.05) is 19.6 Å². The number of rotatable bonds is 6. The van der Waals surface area contributed by atoms with Crippen molar-refractivity contribution in [3.63, 3.8) is 0 Å². The fraction of sp³-hybridized carbons (Fsp3) is 0.611. The average molecular weight is 365 g/mol. The molecule has 0 unspecified atom stereocenters. The number of nitrogens with two attached hydrogens (primary N) is 1. The van der Waals surface area contributed by atoms with Crippen LogP contribution in [0, 0.1) is 5.92 Å². The number of nitrogens with zero attached hydrogens (tertiary/aromatic N) is 2. The van der Waals surface area contributed by atoms with Gasteiger partial charge in [-0.05, 0) is 49.3 Å². The number of piperidine rings is 1. The Balaban J connectivity index is 1.62. The lowest BCUT2D eigenvalue weighted by atomic mass is 9.85. The second kappa shape index (κ2) is 8.19. The summed E-state index contributed by atoms with van der Waals surface area (Å²) in [5, 5.41) is 3.15. The van der Waals surface area contributed by atoms with Crippen LogP contribution in [0.25, 0.3) is 0 Å². The van der Waals surface area contributed by atoms with Gasteiger partial charge in [-0.3, -0.25) is 0 Å². The predicted octanol–water partition coefficient (Wildman–Crippen LogP) is 2.07. The van der Waals surface area contributed by atoms with E-state index in [4.69, 9.17) is 5.73 Å². The van der Waals surface area contributed by atoms with Gasteiger partial charge in [0.1, 0.15) is 0 Å². The maximum Gasteiger partial charge on any atom is 0.243 e. The lowest BCUT2D eigenvalue weighted by Gasteiger charge is -2.26. The largest absolute Gasteiger partial charge is 0.370 e. The smallest absolute Gasteiger partial charge is 0.243 e. The standard InChI is InChI=1S/C18H28N4O2S/c19-18(20-13-15-6-4-7-15)21-14-16-8-5-9-17(12-16)25(23,24)22-10-2-1-3-11-22/h5,8-9,12,15H,1-4,6-7,10-11,13-14H2,(H3,19,20,21). The molecule has 138 valence electrons. The van der Waals surface area contributed by atoms with E-state index in [2.05, 4.69) is 10.3 Å². The van der Waals surface area contributed by atoms with Gasteiger partial charge in [0.05, 0.1) is 11.4 Å². The molecule has 25 heavy (non-hydrogen) atoms. The predicted molar refractivity (Wildman–Crippen MR) is 99.7 cm³/mol. The molecule has 1 aromatic carbocycles. The van der Waals surface area contributed by atoms with Crippen molar-refractivity contribution in [3.05, 3.63) is 29.8 Å². The first kappa shape index (κ1) is 18.2. The van der Waals surface area contributed by atoms with Gasteiger partial charge in [0.25, 0.3) is 0 Å². The third-order valence-electron chi connectivity index (χ3n) is 5.08. The number of benzene rings is 1. The molecule has 1 saturated heterocycles. The summed E-state index contributed by atoms with van der Waals surface area (Å²) in [6.07, 6.45) is 6.81.